The number of rotatable bonds is 3. The van der Waals surface area contributed by atoms with Crippen molar-refractivity contribution in [1.82, 2.24) is 14.2 Å². The Labute approximate surface area is 139 Å². The van der Waals surface area contributed by atoms with Gasteiger partial charge in [0.1, 0.15) is 0 Å². The number of hydrogen-bond acceptors (Lipinski definition) is 2. The van der Waals surface area contributed by atoms with Crippen molar-refractivity contribution in [2.75, 3.05) is 6.54 Å². The number of halogens is 2. The highest BCUT2D eigenvalue weighted by atomic mass is 35.5. The van der Waals surface area contributed by atoms with Crippen LogP contribution in [0.1, 0.15) is 32.6 Å². The van der Waals surface area contributed by atoms with Crippen molar-refractivity contribution in [2.45, 2.75) is 45.3 Å². The first-order valence-corrected chi connectivity index (χ1v) is 8.55. The van der Waals surface area contributed by atoms with Crippen LogP contribution in [-0.2, 0) is 6.67 Å². The van der Waals surface area contributed by atoms with Gasteiger partial charge in [-0.2, -0.15) is 4.68 Å². The van der Waals surface area contributed by atoms with Gasteiger partial charge in [-0.15, -0.1) is 5.10 Å². The molecule has 1 unspecified atom stereocenters. The van der Waals surface area contributed by atoms with E-state index in [1.54, 1.807) is 21.6 Å². The molecule has 114 valence electrons. The van der Waals surface area contributed by atoms with Crippen LogP contribution in [0.25, 0.3) is 5.65 Å². The molecule has 0 spiro atoms. The minimum atomic E-state index is 0.535. The van der Waals surface area contributed by atoms with Gasteiger partial charge in [-0.05, 0) is 44.0 Å². The number of likely N-dealkylation sites (tertiary alicyclic amines) is 1. The molecule has 3 heterocycles. The van der Waals surface area contributed by atoms with E-state index in [0.29, 0.717) is 26.5 Å². The zero-order chi connectivity index (χ0) is 15.0. The second-order valence-electron chi connectivity index (χ2n) is 5.65. The van der Waals surface area contributed by atoms with E-state index >= 15 is 0 Å². The summed E-state index contributed by atoms with van der Waals surface area (Å²) in [7, 11) is 0. The molecule has 4 nitrogen and oxygen atoms in total. The Kier molecular flexibility index (Phi) is 4.54. The molecule has 1 aliphatic heterocycles. The summed E-state index contributed by atoms with van der Waals surface area (Å²) in [6.07, 6.45) is 6.87. The van der Waals surface area contributed by atoms with Gasteiger partial charge in [0.2, 0.25) is 4.77 Å². The van der Waals surface area contributed by atoms with Gasteiger partial charge in [0.05, 0.1) is 22.6 Å². The van der Waals surface area contributed by atoms with E-state index in [1.807, 2.05) is 4.68 Å². The first-order valence-electron chi connectivity index (χ1n) is 7.39. The number of quaternary nitrogens is 1. The summed E-state index contributed by atoms with van der Waals surface area (Å²) in [4.78, 5) is 1.56. The topological polar surface area (TPSA) is 26.7 Å². The van der Waals surface area contributed by atoms with Gasteiger partial charge in [-0.3, -0.25) is 4.40 Å². The highest BCUT2D eigenvalue weighted by molar-refractivity contribution is 7.71. The summed E-state index contributed by atoms with van der Waals surface area (Å²) in [6, 6.07) is 2.40. The second-order valence-corrected chi connectivity index (χ2v) is 6.86. The third-order valence-electron chi connectivity index (χ3n) is 4.32. The molecule has 0 saturated carbocycles. The predicted octanol–water partition coefficient (Wildman–Crippen LogP) is 2.98. The van der Waals surface area contributed by atoms with Crippen LogP contribution in [0.5, 0.6) is 0 Å². The first kappa shape index (κ1) is 15.3. The molecule has 2 aromatic rings. The van der Waals surface area contributed by atoms with Gasteiger partial charge < -0.3 is 4.90 Å². The lowest BCUT2D eigenvalue weighted by molar-refractivity contribution is -0.953. The normalized spacial score (nSPS) is 22.8. The molecule has 2 atom stereocenters. The zero-order valence-electron chi connectivity index (χ0n) is 12.0. The fraction of sp³-hybridized carbons (Fsp3) is 0.571. The highest BCUT2D eigenvalue weighted by Crippen LogP contribution is 2.21. The quantitative estimate of drug-likeness (QED) is 0.865. The molecule has 2 aromatic heterocycles. The van der Waals surface area contributed by atoms with Crippen molar-refractivity contribution in [3.8, 4) is 0 Å². The molecular formula is C14H19Cl2N4S+. The number of nitrogens with one attached hydrogen (secondary N) is 1. The average molecular weight is 346 g/mol. The van der Waals surface area contributed by atoms with E-state index in [2.05, 4.69) is 12.0 Å². The van der Waals surface area contributed by atoms with E-state index in [-0.39, 0.29) is 0 Å². The van der Waals surface area contributed by atoms with Gasteiger partial charge in [-0.25, -0.2) is 0 Å². The minimum absolute atomic E-state index is 0.535. The van der Waals surface area contributed by atoms with Crippen molar-refractivity contribution >= 4 is 41.1 Å². The van der Waals surface area contributed by atoms with Crippen LogP contribution >= 0.6 is 35.4 Å². The Hall–Kier alpha value is -0.620. The lowest BCUT2D eigenvalue weighted by Gasteiger charge is -2.31. The Bertz CT molecular complexity index is 709. The SMILES string of the molecule is CC[C@@H]1CCCC[NH+]1Cn1nc2c(Cl)cc(Cl)cn2c1=S. The van der Waals surface area contributed by atoms with Crippen LogP contribution in [-0.4, -0.2) is 26.8 Å². The molecule has 0 radical (unpaired) electrons. The molecule has 0 bridgehead atoms. The minimum Gasteiger partial charge on any atom is -0.314 e. The van der Waals surface area contributed by atoms with Gasteiger partial charge in [0, 0.05) is 6.20 Å². The predicted molar refractivity (Wildman–Crippen MR) is 87.8 cm³/mol. The molecule has 1 saturated heterocycles. The number of nitrogens with zero attached hydrogens (tertiary/aromatic N) is 3. The van der Waals surface area contributed by atoms with Crippen LogP contribution in [0.2, 0.25) is 10.0 Å². The molecule has 0 aromatic carbocycles. The molecule has 0 amide bonds. The molecule has 21 heavy (non-hydrogen) atoms. The second kappa shape index (κ2) is 6.24. The summed E-state index contributed by atoms with van der Waals surface area (Å²) < 4.78 is 4.34. The standard InChI is InChI=1S/C14H18Cl2N4S/c1-2-11-5-3-4-6-18(11)9-20-14(21)19-8-10(15)7-12(16)13(19)17-20/h7-8,11H,2-6,9H2,1H3/p+1/t11-/m1/s1. The number of hydrogen-bond donors (Lipinski definition) is 1. The van der Waals surface area contributed by atoms with Gasteiger partial charge >= 0.3 is 0 Å². The summed E-state index contributed by atoms with van der Waals surface area (Å²) in [5, 5.41) is 5.68. The number of pyridine rings is 1. The summed E-state index contributed by atoms with van der Waals surface area (Å²) >= 11 is 17.8. The number of aromatic nitrogens is 3. The maximum Gasteiger partial charge on any atom is 0.207 e. The molecule has 1 aliphatic rings. The maximum atomic E-state index is 6.21. The van der Waals surface area contributed by atoms with E-state index in [1.165, 1.54) is 32.2 Å². The van der Waals surface area contributed by atoms with Crippen molar-refractivity contribution in [3.63, 3.8) is 0 Å². The van der Waals surface area contributed by atoms with Crippen molar-refractivity contribution < 1.29 is 4.90 Å². The van der Waals surface area contributed by atoms with Gasteiger partial charge in [0.25, 0.3) is 0 Å². The lowest BCUT2D eigenvalue weighted by Crippen LogP contribution is -3.15. The largest absolute Gasteiger partial charge is 0.314 e. The summed E-state index contributed by atoms with van der Waals surface area (Å²) in [5.74, 6) is 0. The zero-order valence-corrected chi connectivity index (χ0v) is 14.3. The molecule has 0 aliphatic carbocycles. The van der Waals surface area contributed by atoms with Crippen molar-refractivity contribution in [1.29, 1.82) is 0 Å². The van der Waals surface area contributed by atoms with Crippen molar-refractivity contribution in [3.05, 3.63) is 27.1 Å². The fourth-order valence-corrected chi connectivity index (χ4v) is 3.95. The van der Waals surface area contributed by atoms with Crippen molar-refractivity contribution in [2.24, 2.45) is 0 Å². The van der Waals surface area contributed by atoms with E-state index in [0.717, 1.165) is 6.67 Å². The Morgan fingerprint density at radius 1 is 1.43 bits per heavy atom. The van der Waals surface area contributed by atoms with Crippen LogP contribution in [0.15, 0.2) is 12.3 Å². The molecule has 7 heteroatoms. The fourth-order valence-electron chi connectivity index (χ4n) is 3.19. The van der Waals surface area contributed by atoms with E-state index in [4.69, 9.17) is 35.4 Å². The van der Waals surface area contributed by atoms with E-state index < -0.39 is 0 Å². The number of piperidine rings is 1. The summed E-state index contributed by atoms with van der Waals surface area (Å²) in [6.45, 7) is 4.24. The first-order chi connectivity index (χ1) is 10.1. The average Bonchev–Trinajstić information content (AvgIpc) is 2.77. The third kappa shape index (κ3) is 2.97. The molecular weight excluding hydrogens is 327 g/mol. The number of fused-ring (bicyclic) bond motifs is 1. The van der Waals surface area contributed by atoms with E-state index in [9.17, 15) is 0 Å². The molecule has 1 fully saturated rings. The van der Waals surface area contributed by atoms with Crippen LogP contribution < -0.4 is 4.90 Å². The Balaban J connectivity index is 1.96. The summed E-state index contributed by atoms with van der Waals surface area (Å²) in [5.41, 5.74) is 0.676. The monoisotopic (exact) mass is 345 g/mol. The maximum absolute atomic E-state index is 6.21. The lowest BCUT2D eigenvalue weighted by atomic mass is 10.0. The molecule has 1 N–H and O–H groups in total. The molecule has 3 rings (SSSR count). The third-order valence-corrected chi connectivity index (χ3v) is 5.22. The Morgan fingerprint density at radius 3 is 3.00 bits per heavy atom. The van der Waals surface area contributed by atoms with Crippen LogP contribution in [0, 0.1) is 4.77 Å². The van der Waals surface area contributed by atoms with Crippen LogP contribution in [0.4, 0.5) is 0 Å². The highest BCUT2D eigenvalue weighted by Gasteiger charge is 2.25. The Morgan fingerprint density at radius 2 is 2.24 bits per heavy atom. The van der Waals surface area contributed by atoms with Gasteiger partial charge in [0.15, 0.2) is 12.3 Å². The van der Waals surface area contributed by atoms with Gasteiger partial charge in [-0.1, -0.05) is 30.1 Å². The van der Waals surface area contributed by atoms with Crippen LogP contribution in [0.3, 0.4) is 0 Å². The smallest absolute Gasteiger partial charge is 0.207 e.